The maximum Gasteiger partial charge on any atom is 0.122 e. The number of nitriles is 1. The average Bonchev–Trinajstić information content (AvgIpc) is 2.35. The van der Waals surface area contributed by atoms with Crippen LogP contribution in [0, 0.1) is 16.7 Å². The summed E-state index contributed by atoms with van der Waals surface area (Å²) in [6.07, 6.45) is 2.77. The zero-order chi connectivity index (χ0) is 12.7. The highest BCUT2D eigenvalue weighted by Crippen LogP contribution is 2.22. The minimum Gasteiger partial charge on any atom is -0.493 e. The van der Waals surface area contributed by atoms with Crippen LogP contribution in [0.1, 0.15) is 39.2 Å². The molecular formula is C15H21NO. The van der Waals surface area contributed by atoms with E-state index in [-0.39, 0.29) is 5.41 Å². The van der Waals surface area contributed by atoms with Gasteiger partial charge in [-0.3, -0.25) is 0 Å². The predicted molar refractivity (Wildman–Crippen MR) is 69.9 cm³/mol. The summed E-state index contributed by atoms with van der Waals surface area (Å²) in [6.45, 7) is 6.74. The topological polar surface area (TPSA) is 33.0 Å². The van der Waals surface area contributed by atoms with Gasteiger partial charge in [-0.05, 0) is 44.7 Å². The van der Waals surface area contributed by atoms with Crippen molar-refractivity contribution in [1.82, 2.24) is 0 Å². The second-order valence-electron chi connectivity index (χ2n) is 4.91. The summed E-state index contributed by atoms with van der Waals surface area (Å²) in [5, 5.41) is 8.90. The number of hydrogen-bond donors (Lipinski definition) is 0. The standard InChI is InChI=1S/C15H21NO/c1-4-13-8-5-6-9-14(13)17-11-7-10-15(2,3)12-16/h5-6,8-9H,4,7,10-11H2,1-3H3. The molecule has 92 valence electrons. The van der Waals surface area contributed by atoms with Crippen LogP contribution >= 0.6 is 0 Å². The third-order valence-electron chi connectivity index (χ3n) is 2.86. The smallest absolute Gasteiger partial charge is 0.122 e. The van der Waals surface area contributed by atoms with Crippen molar-refractivity contribution in [2.75, 3.05) is 6.61 Å². The van der Waals surface area contributed by atoms with Crippen molar-refractivity contribution < 1.29 is 4.74 Å². The summed E-state index contributed by atoms with van der Waals surface area (Å²) >= 11 is 0. The van der Waals surface area contributed by atoms with Gasteiger partial charge in [-0.1, -0.05) is 25.1 Å². The normalized spacial score (nSPS) is 10.9. The van der Waals surface area contributed by atoms with Gasteiger partial charge in [-0.2, -0.15) is 5.26 Å². The lowest BCUT2D eigenvalue weighted by Gasteiger charge is -2.15. The number of benzene rings is 1. The fourth-order valence-electron chi connectivity index (χ4n) is 1.69. The zero-order valence-corrected chi connectivity index (χ0v) is 11.0. The molecule has 1 aromatic carbocycles. The first-order valence-electron chi connectivity index (χ1n) is 6.21. The molecule has 0 spiro atoms. The Bertz CT molecular complexity index is 390. The van der Waals surface area contributed by atoms with Crippen LogP contribution in [0.25, 0.3) is 0 Å². The Morgan fingerprint density at radius 1 is 1.29 bits per heavy atom. The quantitative estimate of drug-likeness (QED) is 0.694. The van der Waals surface area contributed by atoms with Crippen LogP contribution in [0.4, 0.5) is 0 Å². The maximum atomic E-state index is 8.90. The largest absolute Gasteiger partial charge is 0.493 e. The second kappa shape index (κ2) is 6.30. The van der Waals surface area contributed by atoms with E-state index in [0.29, 0.717) is 6.61 Å². The highest BCUT2D eigenvalue weighted by atomic mass is 16.5. The van der Waals surface area contributed by atoms with Crippen molar-refractivity contribution in [3.63, 3.8) is 0 Å². The van der Waals surface area contributed by atoms with E-state index in [4.69, 9.17) is 10.00 Å². The van der Waals surface area contributed by atoms with E-state index in [0.717, 1.165) is 25.0 Å². The Morgan fingerprint density at radius 2 is 2.00 bits per heavy atom. The Hall–Kier alpha value is -1.49. The predicted octanol–water partition coefficient (Wildman–Crippen LogP) is 3.96. The number of aryl methyl sites for hydroxylation is 1. The maximum absolute atomic E-state index is 8.90. The van der Waals surface area contributed by atoms with Gasteiger partial charge in [0.2, 0.25) is 0 Å². The number of para-hydroxylation sites is 1. The van der Waals surface area contributed by atoms with Gasteiger partial charge in [0, 0.05) is 0 Å². The summed E-state index contributed by atoms with van der Waals surface area (Å²) in [7, 11) is 0. The molecule has 1 rings (SSSR count). The minimum absolute atomic E-state index is 0.242. The lowest BCUT2D eigenvalue weighted by atomic mass is 9.90. The number of hydrogen-bond acceptors (Lipinski definition) is 2. The van der Waals surface area contributed by atoms with Crippen LogP contribution in [-0.2, 0) is 6.42 Å². The molecule has 2 heteroatoms. The molecule has 0 heterocycles. The molecule has 0 N–H and O–H groups in total. The van der Waals surface area contributed by atoms with E-state index >= 15 is 0 Å². The fraction of sp³-hybridized carbons (Fsp3) is 0.533. The van der Waals surface area contributed by atoms with Crippen molar-refractivity contribution in [2.24, 2.45) is 5.41 Å². The van der Waals surface area contributed by atoms with Crippen LogP contribution in [-0.4, -0.2) is 6.61 Å². The second-order valence-corrected chi connectivity index (χ2v) is 4.91. The molecule has 0 amide bonds. The third-order valence-corrected chi connectivity index (χ3v) is 2.86. The van der Waals surface area contributed by atoms with Gasteiger partial charge >= 0.3 is 0 Å². The average molecular weight is 231 g/mol. The first-order chi connectivity index (χ1) is 8.09. The highest BCUT2D eigenvalue weighted by Gasteiger charge is 2.15. The van der Waals surface area contributed by atoms with Gasteiger partial charge in [-0.15, -0.1) is 0 Å². The van der Waals surface area contributed by atoms with Gasteiger partial charge < -0.3 is 4.74 Å². The summed E-state index contributed by atoms with van der Waals surface area (Å²) in [5.74, 6) is 0.977. The van der Waals surface area contributed by atoms with E-state index in [2.05, 4.69) is 19.1 Å². The monoisotopic (exact) mass is 231 g/mol. The van der Waals surface area contributed by atoms with Gasteiger partial charge in [0.1, 0.15) is 5.75 Å². The molecule has 1 aromatic rings. The SMILES string of the molecule is CCc1ccccc1OCCCC(C)(C)C#N. The van der Waals surface area contributed by atoms with E-state index in [1.807, 2.05) is 32.0 Å². The molecule has 0 saturated heterocycles. The van der Waals surface area contributed by atoms with E-state index in [9.17, 15) is 0 Å². The lowest BCUT2D eigenvalue weighted by Crippen LogP contribution is -2.10. The number of nitrogens with zero attached hydrogens (tertiary/aromatic N) is 1. The molecule has 0 bridgehead atoms. The van der Waals surface area contributed by atoms with Crippen molar-refractivity contribution in [3.05, 3.63) is 29.8 Å². The van der Waals surface area contributed by atoms with Gasteiger partial charge in [0.05, 0.1) is 18.1 Å². The molecule has 0 fully saturated rings. The van der Waals surface area contributed by atoms with Crippen LogP contribution in [0.3, 0.4) is 0 Å². The molecule has 0 aliphatic heterocycles. The van der Waals surface area contributed by atoms with E-state index in [1.165, 1.54) is 5.56 Å². The number of rotatable bonds is 6. The highest BCUT2D eigenvalue weighted by molar-refractivity contribution is 5.33. The summed E-state index contributed by atoms with van der Waals surface area (Å²) in [4.78, 5) is 0. The van der Waals surface area contributed by atoms with Gasteiger partial charge in [0.25, 0.3) is 0 Å². The molecule has 0 aromatic heterocycles. The summed E-state index contributed by atoms with van der Waals surface area (Å²) in [5.41, 5.74) is 1.00. The van der Waals surface area contributed by atoms with Gasteiger partial charge in [0.15, 0.2) is 0 Å². The molecule has 0 aliphatic rings. The van der Waals surface area contributed by atoms with Crippen LogP contribution in [0.2, 0.25) is 0 Å². The zero-order valence-electron chi connectivity index (χ0n) is 11.0. The summed E-state index contributed by atoms with van der Waals surface area (Å²) in [6, 6.07) is 10.4. The molecule has 0 radical (unpaired) electrons. The molecular weight excluding hydrogens is 210 g/mol. The molecule has 0 unspecified atom stereocenters. The third kappa shape index (κ3) is 4.48. The number of ether oxygens (including phenoxy) is 1. The van der Waals surface area contributed by atoms with Crippen LogP contribution in [0.5, 0.6) is 5.75 Å². The van der Waals surface area contributed by atoms with Gasteiger partial charge in [-0.25, -0.2) is 0 Å². The minimum atomic E-state index is -0.242. The van der Waals surface area contributed by atoms with E-state index < -0.39 is 0 Å². The molecule has 0 aliphatic carbocycles. The molecule has 0 saturated carbocycles. The lowest BCUT2D eigenvalue weighted by molar-refractivity contribution is 0.282. The van der Waals surface area contributed by atoms with Crippen molar-refractivity contribution in [2.45, 2.75) is 40.0 Å². The van der Waals surface area contributed by atoms with E-state index in [1.54, 1.807) is 0 Å². The Balaban J connectivity index is 2.39. The molecule has 0 atom stereocenters. The van der Waals surface area contributed by atoms with Crippen LogP contribution in [0.15, 0.2) is 24.3 Å². The van der Waals surface area contributed by atoms with Crippen LogP contribution < -0.4 is 4.74 Å². The van der Waals surface area contributed by atoms with Crippen molar-refractivity contribution in [3.8, 4) is 11.8 Å². The Labute approximate surface area is 104 Å². The van der Waals surface area contributed by atoms with Crippen molar-refractivity contribution >= 4 is 0 Å². The van der Waals surface area contributed by atoms with Crippen molar-refractivity contribution in [1.29, 1.82) is 5.26 Å². The fourth-order valence-corrected chi connectivity index (χ4v) is 1.69. The summed E-state index contributed by atoms with van der Waals surface area (Å²) < 4.78 is 5.76. The molecule has 2 nitrogen and oxygen atoms in total. The Kier molecular flexibility index (Phi) is 5.03. The molecule has 17 heavy (non-hydrogen) atoms. The first kappa shape index (κ1) is 13.6. The Morgan fingerprint density at radius 3 is 2.65 bits per heavy atom. The first-order valence-corrected chi connectivity index (χ1v) is 6.21.